The first kappa shape index (κ1) is 13.8. The number of hydrogen-bond donors (Lipinski definition) is 1. The summed E-state index contributed by atoms with van der Waals surface area (Å²) in [6.07, 6.45) is 4.68. The van der Waals surface area contributed by atoms with Crippen LogP contribution in [-0.4, -0.2) is 16.1 Å². The molecule has 102 valence electrons. The summed E-state index contributed by atoms with van der Waals surface area (Å²) in [6.45, 7) is 8.20. The van der Waals surface area contributed by atoms with Crippen molar-refractivity contribution in [1.29, 1.82) is 0 Å². The van der Waals surface area contributed by atoms with E-state index in [9.17, 15) is 0 Å². The van der Waals surface area contributed by atoms with Crippen molar-refractivity contribution in [3.8, 4) is 0 Å². The molecule has 2 aromatic rings. The van der Waals surface area contributed by atoms with Crippen LogP contribution in [0.5, 0.6) is 0 Å². The standard InChI is InChI=1S/C16H23N3/c1-16(2,3)14-6-4-13(5-7-14)12-19-11-10-18-15(19)8-9-17/h4-7,10-11H,8-9,12,17H2,1-3H3. The monoisotopic (exact) mass is 257 g/mol. The molecule has 0 saturated carbocycles. The van der Waals surface area contributed by atoms with Crippen molar-refractivity contribution >= 4 is 0 Å². The van der Waals surface area contributed by atoms with Crippen molar-refractivity contribution in [3.05, 3.63) is 53.6 Å². The maximum atomic E-state index is 5.60. The maximum Gasteiger partial charge on any atom is 0.110 e. The summed E-state index contributed by atoms with van der Waals surface area (Å²) in [5, 5.41) is 0. The quantitative estimate of drug-likeness (QED) is 0.915. The van der Waals surface area contributed by atoms with Gasteiger partial charge in [0.05, 0.1) is 0 Å². The molecule has 2 N–H and O–H groups in total. The summed E-state index contributed by atoms with van der Waals surface area (Å²) in [5.41, 5.74) is 8.46. The molecule has 2 rings (SSSR count). The van der Waals surface area contributed by atoms with Gasteiger partial charge in [-0.15, -0.1) is 0 Å². The van der Waals surface area contributed by atoms with E-state index in [2.05, 4.69) is 54.6 Å². The zero-order valence-electron chi connectivity index (χ0n) is 12.1. The molecule has 1 aromatic carbocycles. The van der Waals surface area contributed by atoms with Crippen LogP contribution in [0.4, 0.5) is 0 Å². The molecule has 0 atom stereocenters. The molecule has 0 saturated heterocycles. The first-order chi connectivity index (χ1) is 9.00. The van der Waals surface area contributed by atoms with Crippen molar-refractivity contribution in [2.45, 2.75) is 39.2 Å². The Balaban J connectivity index is 2.13. The molecule has 0 radical (unpaired) electrons. The van der Waals surface area contributed by atoms with E-state index in [1.165, 1.54) is 11.1 Å². The van der Waals surface area contributed by atoms with Crippen molar-refractivity contribution in [3.63, 3.8) is 0 Å². The molecule has 0 fully saturated rings. The molecule has 1 aromatic heterocycles. The summed E-state index contributed by atoms with van der Waals surface area (Å²) in [4.78, 5) is 4.34. The summed E-state index contributed by atoms with van der Waals surface area (Å²) < 4.78 is 2.17. The van der Waals surface area contributed by atoms with Gasteiger partial charge in [-0.3, -0.25) is 0 Å². The number of nitrogens with two attached hydrogens (primary N) is 1. The Hall–Kier alpha value is -1.61. The summed E-state index contributed by atoms with van der Waals surface area (Å²) in [6, 6.07) is 8.84. The van der Waals surface area contributed by atoms with E-state index in [4.69, 9.17) is 5.73 Å². The van der Waals surface area contributed by atoms with Crippen LogP contribution in [0.1, 0.15) is 37.7 Å². The van der Waals surface area contributed by atoms with Gasteiger partial charge >= 0.3 is 0 Å². The molecular formula is C16H23N3. The third-order valence-corrected chi connectivity index (χ3v) is 3.34. The fourth-order valence-corrected chi connectivity index (χ4v) is 2.15. The van der Waals surface area contributed by atoms with Crippen molar-refractivity contribution < 1.29 is 0 Å². The number of benzene rings is 1. The smallest absolute Gasteiger partial charge is 0.110 e. The summed E-state index contributed by atoms with van der Waals surface area (Å²) >= 11 is 0. The van der Waals surface area contributed by atoms with Crippen LogP contribution in [-0.2, 0) is 18.4 Å². The minimum Gasteiger partial charge on any atom is -0.330 e. The number of hydrogen-bond acceptors (Lipinski definition) is 2. The van der Waals surface area contributed by atoms with Gasteiger partial charge < -0.3 is 10.3 Å². The van der Waals surface area contributed by atoms with Crippen LogP contribution in [0.15, 0.2) is 36.7 Å². The fourth-order valence-electron chi connectivity index (χ4n) is 2.15. The number of rotatable bonds is 4. The average Bonchev–Trinajstić information content (AvgIpc) is 2.77. The lowest BCUT2D eigenvalue weighted by Crippen LogP contribution is -2.12. The third-order valence-electron chi connectivity index (χ3n) is 3.34. The minimum absolute atomic E-state index is 0.207. The van der Waals surface area contributed by atoms with Crippen molar-refractivity contribution in [2.24, 2.45) is 5.73 Å². The van der Waals surface area contributed by atoms with Gasteiger partial charge in [0.1, 0.15) is 5.82 Å². The van der Waals surface area contributed by atoms with E-state index < -0.39 is 0 Å². The predicted molar refractivity (Wildman–Crippen MR) is 79.2 cm³/mol. The lowest BCUT2D eigenvalue weighted by molar-refractivity contribution is 0.589. The molecule has 0 amide bonds. The second kappa shape index (κ2) is 5.57. The molecule has 0 aliphatic carbocycles. The van der Waals surface area contributed by atoms with E-state index >= 15 is 0 Å². The van der Waals surface area contributed by atoms with Gasteiger partial charge in [-0.05, 0) is 23.1 Å². The van der Waals surface area contributed by atoms with Crippen molar-refractivity contribution in [1.82, 2.24) is 9.55 Å². The third kappa shape index (κ3) is 3.44. The zero-order valence-corrected chi connectivity index (χ0v) is 12.1. The molecule has 0 aliphatic rings. The highest BCUT2D eigenvalue weighted by atomic mass is 15.1. The van der Waals surface area contributed by atoms with Gasteiger partial charge in [0.2, 0.25) is 0 Å². The Morgan fingerprint density at radius 1 is 1.16 bits per heavy atom. The largest absolute Gasteiger partial charge is 0.330 e. The maximum absolute atomic E-state index is 5.60. The Kier molecular flexibility index (Phi) is 4.05. The molecule has 3 heteroatoms. The number of imidazole rings is 1. The molecule has 0 unspecified atom stereocenters. The van der Waals surface area contributed by atoms with Gasteiger partial charge in [-0.2, -0.15) is 0 Å². The lowest BCUT2D eigenvalue weighted by Gasteiger charge is -2.19. The van der Waals surface area contributed by atoms with Crippen LogP contribution in [0.3, 0.4) is 0 Å². The SMILES string of the molecule is CC(C)(C)c1ccc(Cn2ccnc2CCN)cc1. The Bertz CT molecular complexity index is 518. The van der Waals surface area contributed by atoms with Crippen LogP contribution in [0.25, 0.3) is 0 Å². The minimum atomic E-state index is 0.207. The Morgan fingerprint density at radius 2 is 1.84 bits per heavy atom. The normalized spacial score (nSPS) is 11.8. The molecule has 0 spiro atoms. The predicted octanol–water partition coefficient (Wildman–Crippen LogP) is 2.73. The molecule has 3 nitrogen and oxygen atoms in total. The fraction of sp³-hybridized carbons (Fsp3) is 0.438. The average molecular weight is 257 g/mol. The molecule has 0 bridgehead atoms. The van der Waals surface area contributed by atoms with Gasteiger partial charge in [-0.1, -0.05) is 45.0 Å². The Morgan fingerprint density at radius 3 is 2.42 bits per heavy atom. The van der Waals surface area contributed by atoms with Crippen LogP contribution in [0, 0.1) is 0 Å². The van der Waals surface area contributed by atoms with Crippen molar-refractivity contribution in [2.75, 3.05) is 6.54 Å². The highest BCUT2D eigenvalue weighted by molar-refractivity contribution is 5.27. The molecule has 1 heterocycles. The first-order valence-corrected chi connectivity index (χ1v) is 6.80. The molecule has 19 heavy (non-hydrogen) atoms. The van der Waals surface area contributed by atoms with Crippen LogP contribution >= 0.6 is 0 Å². The van der Waals surface area contributed by atoms with E-state index in [0.29, 0.717) is 6.54 Å². The van der Waals surface area contributed by atoms with E-state index in [1.807, 2.05) is 12.4 Å². The second-order valence-corrected chi connectivity index (χ2v) is 5.96. The van der Waals surface area contributed by atoms with E-state index in [1.54, 1.807) is 0 Å². The molecular weight excluding hydrogens is 234 g/mol. The number of aromatic nitrogens is 2. The van der Waals surface area contributed by atoms with Gasteiger partial charge in [0.15, 0.2) is 0 Å². The van der Waals surface area contributed by atoms with Gasteiger partial charge in [-0.25, -0.2) is 4.98 Å². The van der Waals surface area contributed by atoms with Gasteiger partial charge in [0, 0.05) is 25.4 Å². The van der Waals surface area contributed by atoms with Gasteiger partial charge in [0.25, 0.3) is 0 Å². The molecule has 0 aliphatic heterocycles. The topological polar surface area (TPSA) is 43.8 Å². The summed E-state index contributed by atoms with van der Waals surface area (Å²) in [5.74, 6) is 1.06. The van der Waals surface area contributed by atoms with Crippen LogP contribution < -0.4 is 5.73 Å². The lowest BCUT2D eigenvalue weighted by atomic mass is 9.87. The number of nitrogens with zero attached hydrogens (tertiary/aromatic N) is 2. The second-order valence-electron chi connectivity index (χ2n) is 5.96. The first-order valence-electron chi connectivity index (χ1n) is 6.80. The highest BCUT2D eigenvalue weighted by Gasteiger charge is 2.12. The van der Waals surface area contributed by atoms with Crippen LogP contribution in [0.2, 0.25) is 0 Å². The Labute approximate surface area is 115 Å². The summed E-state index contributed by atoms with van der Waals surface area (Å²) in [7, 11) is 0. The highest BCUT2D eigenvalue weighted by Crippen LogP contribution is 2.22. The van der Waals surface area contributed by atoms with E-state index in [0.717, 1.165) is 18.8 Å². The zero-order chi connectivity index (χ0) is 13.9. The van der Waals surface area contributed by atoms with E-state index in [-0.39, 0.29) is 5.41 Å².